The van der Waals surface area contributed by atoms with Crippen molar-refractivity contribution in [2.45, 2.75) is 0 Å². The van der Waals surface area contributed by atoms with Crippen LogP contribution in [-0.2, 0) is 0 Å². The van der Waals surface area contributed by atoms with Crippen molar-refractivity contribution in [3.63, 3.8) is 0 Å². The van der Waals surface area contributed by atoms with Gasteiger partial charge in [-0.15, -0.1) is 11.6 Å². The Morgan fingerprint density at radius 3 is 3.00 bits per heavy atom. The van der Waals surface area contributed by atoms with Gasteiger partial charge in [-0.05, 0) is 12.1 Å². The second-order valence-electron chi connectivity index (χ2n) is 1.80. The average Bonchev–Trinajstić information content (AvgIpc) is 2.01. The van der Waals surface area contributed by atoms with Gasteiger partial charge in [-0.2, -0.15) is 0 Å². The molecule has 0 aliphatic rings. The van der Waals surface area contributed by atoms with Crippen molar-refractivity contribution in [3.05, 3.63) is 29.0 Å². The van der Waals surface area contributed by atoms with Gasteiger partial charge in [0.25, 0.3) is 0 Å². The van der Waals surface area contributed by atoms with Crippen LogP contribution in [-0.4, -0.2) is 10.9 Å². The molecule has 0 amide bonds. The molecule has 56 valence electrons. The number of pyridine rings is 1. The molecule has 0 saturated heterocycles. The van der Waals surface area contributed by atoms with E-state index in [9.17, 15) is 0 Å². The summed E-state index contributed by atoms with van der Waals surface area (Å²) in [6.45, 7) is 0. The Kier molecular flexibility index (Phi) is 3.22. The van der Waals surface area contributed by atoms with Gasteiger partial charge in [0.1, 0.15) is 5.15 Å². The molecule has 0 unspecified atom stereocenters. The maximum atomic E-state index is 5.61. The van der Waals surface area contributed by atoms with E-state index in [4.69, 9.17) is 23.2 Å². The molecular formula is C8H5Cl2N. The fourth-order valence-corrected chi connectivity index (χ4v) is 0.856. The summed E-state index contributed by atoms with van der Waals surface area (Å²) in [5, 5.41) is 0.450. The number of hydrogen-bond donors (Lipinski definition) is 0. The molecule has 0 saturated carbocycles. The third kappa shape index (κ3) is 2.80. The molecule has 1 rings (SSSR count). The molecule has 0 fully saturated rings. The highest BCUT2D eigenvalue weighted by Gasteiger charge is 1.88. The number of nitrogens with zero attached hydrogens (tertiary/aromatic N) is 1. The first-order valence-corrected chi connectivity index (χ1v) is 3.90. The fraction of sp³-hybridized carbons (Fsp3) is 0.125. The third-order valence-electron chi connectivity index (χ3n) is 1.03. The zero-order valence-corrected chi connectivity index (χ0v) is 7.15. The maximum absolute atomic E-state index is 5.61. The Morgan fingerprint density at radius 1 is 1.55 bits per heavy atom. The SMILES string of the molecule is ClCC#Cc1ccnc(Cl)c1. The van der Waals surface area contributed by atoms with Gasteiger partial charge >= 0.3 is 0 Å². The van der Waals surface area contributed by atoms with E-state index in [1.807, 2.05) is 0 Å². The molecule has 0 aliphatic carbocycles. The van der Waals surface area contributed by atoms with E-state index in [-0.39, 0.29) is 0 Å². The van der Waals surface area contributed by atoms with Crippen LogP contribution in [0, 0.1) is 11.8 Å². The van der Waals surface area contributed by atoms with E-state index >= 15 is 0 Å². The van der Waals surface area contributed by atoms with Crippen molar-refractivity contribution in [1.82, 2.24) is 4.98 Å². The first-order valence-electron chi connectivity index (χ1n) is 2.99. The van der Waals surface area contributed by atoms with Gasteiger partial charge in [0.2, 0.25) is 0 Å². The third-order valence-corrected chi connectivity index (χ3v) is 1.37. The highest BCUT2D eigenvalue weighted by molar-refractivity contribution is 6.29. The fourth-order valence-electron chi connectivity index (χ4n) is 0.616. The summed E-state index contributed by atoms with van der Waals surface area (Å²) in [4.78, 5) is 3.81. The standard InChI is InChI=1S/C8H5Cl2N/c9-4-1-2-7-3-5-11-8(10)6-7/h3,5-6H,4H2. The summed E-state index contributed by atoms with van der Waals surface area (Å²) < 4.78 is 0. The van der Waals surface area contributed by atoms with Crippen LogP contribution in [0.2, 0.25) is 5.15 Å². The molecule has 0 bridgehead atoms. The van der Waals surface area contributed by atoms with Crippen LogP contribution in [0.15, 0.2) is 18.3 Å². The zero-order chi connectivity index (χ0) is 8.10. The van der Waals surface area contributed by atoms with Crippen molar-refractivity contribution in [2.75, 3.05) is 5.88 Å². The van der Waals surface area contributed by atoms with E-state index in [2.05, 4.69) is 16.8 Å². The molecule has 3 heteroatoms. The van der Waals surface area contributed by atoms with E-state index < -0.39 is 0 Å². The van der Waals surface area contributed by atoms with Crippen molar-refractivity contribution in [2.24, 2.45) is 0 Å². The van der Waals surface area contributed by atoms with Crippen molar-refractivity contribution in [3.8, 4) is 11.8 Å². The van der Waals surface area contributed by atoms with Gasteiger partial charge < -0.3 is 0 Å². The van der Waals surface area contributed by atoms with E-state index in [1.165, 1.54) is 0 Å². The highest BCUT2D eigenvalue weighted by Crippen LogP contribution is 2.04. The van der Waals surface area contributed by atoms with Crippen molar-refractivity contribution >= 4 is 23.2 Å². The number of alkyl halides is 1. The van der Waals surface area contributed by atoms with E-state index in [1.54, 1.807) is 18.3 Å². The van der Waals surface area contributed by atoms with Crippen LogP contribution in [0.1, 0.15) is 5.56 Å². The second kappa shape index (κ2) is 4.23. The Morgan fingerprint density at radius 2 is 2.36 bits per heavy atom. The summed E-state index contributed by atoms with van der Waals surface area (Å²) in [7, 11) is 0. The molecule has 1 aromatic heterocycles. The van der Waals surface area contributed by atoms with E-state index in [0.29, 0.717) is 11.0 Å². The highest BCUT2D eigenvalue weighted by atomic mass is 35.5. The van der Waals surface area contributed by atoms with Gasteiger partial charge in [-0.1, -0.05) is 23.4 Å². The van der Waals surface area contributed by atoms with Gasteiger partial charge in [0, 0.05) is 11.8 Å². The monoisotopic (exact) mass is 185 g/mol. The van der Waals surface area contributed by atoms with Gasteiger partial charge in [-0.3, -0.25) is 0 Å². The Hall–Kier alpha value is -0.710. The molecule has 1 heterocycles. The van der Waals surface area contributed by atoms with E-state index in [0.717, 1.165) is 5.56 Å². The summed E-state index contributed by atoms with van der Waals surface area (Å²) in [6, 6.07) is 3.48. The number of rotatable bonds is 0. The molecule has 0 spiro atoms. The molecule has 0 radical (unpaired) electrons. The lowest BCUT2D eigenvalue weighted by Gasteiger charge is -1.88. The minimum absolute atomic E-state index is 0.333. The number of hydrogen-bond acceptors (Lipinski definition) is 1. The molecular weight excluding hydrogens is 181 g/mol. The maximum Gasteiger partial charge on any atom is 0.130 e. The molecule has 0 atom stereocenters. The topological polar surface area (TPSA) is 12.9 Å². The van der Waals surface area contributed by atoms with Crippen molar-refractivity contribution < 1.29 is 0 Å². The predicted octanol–water partition coefficient (Wildman–Crippen LogP) is 2.33. The van der Waals surface area contributed by atoms with Crippen LogP contribution >= 0.6 is 23.2 Å². The number of halogens is 2. The molecule has 0 N–H and O–H groups in total. The zero-order valence-electron chi connectivity index (χ0n) is 5.64. The largest absolute Gasteiger partial charge is 0.244 e. The lowest BCUT2D eigenvalue weighted by molar-refractivity contribution is 1.32. The summed E-state index contributed by atoms with van der Waals surface area (Å²) >= 11 is 11.0. The Labute approximate surface area is 75.4 Å². The molecule has 0 aliphatic heterocycles. The second-order valence-corrected chi connectivity index (χ2v) is 2.46. The lowest BCUT2D eigenvalue weighted by atomic mass is 10.3. The lowest BCUT2D eigenvalue weighted by Crippen LogP contribution is -1.77. The van der Waals surface area contributed by atoms with Gasteiger partial charge in [-0.25, -0.2) is 4.98 Å². The molecule has 1 nitrogen and oxygen atoms in total. The smallest absolute Gasteiger partial charge is 0.130 e. The summed E-state index contributed by atoms with van der Waals surface area (Å²) in [5.74, 6) is 5.88. The predicted molar refractivity (Wildman–Crippen MR) is 46.8 cm³/mol. The molecule has 0 aromatic carbocycles. The minimum atomic E-state index is 0.333. The summed E-state index contributed by atoms with van der Waals surface area (Å²) in [6.07, 6.45) is 1.61. The van der Waals surface area contributed by atoms with Crippen LogP contribution < -0.4 is 0 Å². The number of aromatic nitrogens is 1. The molecule has 1 aromatic rings. The first-order chi connectivity index (χ1) is 5.33. The van der Waals surface area contributed by atoms with Crippen LogP contribution in [0.3, 0.4) is 0 Å². The first kappa shape index (κ1) is 8.39. The molecule has 11 heavy (non-hydrogen) atoms. The minimum Gasteiger partial charge on any atom is -0.244 e. The van der Waals surface area contributed by atoms with Crippen LogP contribution in [0.5, 0.6) is 0 Å². The van der Waals surface area contributed by atoms with Crippen LogP contribution in [0.4, 0.5) is 0 Å². The Balaban J connectivity index is 2.87. The normalized spacial score (nSPS) is 8.55. The quantitative estimate of drug-likeness (QED) is 0.344. The Bertz CT molecular complexity index is 298. The summed E-state index contributed by atoms with van der Waals surface area (Å²) in [5.41, 5.74) is 0.839. The van der Waals surface area contributed by atoms with Gasteiger partial charge in [0.15, 0.2) is 0 Å². The average molecular weight is 186 g/mol. The van der Waals surface area contributed by atoms with Crippen molar-refractivity contribution in [1.29, 1.82) is 0 Å². The van der Waals surface area contributed by atoms with Crippen LogP contribution in [0.25, 0.3) is 0 Å². The van der Waals surface area contributed by atoms with Gasteiger partial charge in [0.05, 0.1) is 5.88 Å².